The summed E-state index contributed by atoms with van der Waals surface area (Å²) in [5.41, 5.74) is 2.12. The van der Waals surface area contributed by atoms with Gasteiger partial charge in [0, 0.05) is 21.6 Å². The molecule has 2 aromatic rings. The average Bonchev–Trinajstić information content (AvgIpc) is 3.25. The Balaban J connectivity index is 1.51. The van der Waals surface area contributed by atoms with E-state index < -0.39 is 5.60 Å². The number of ether oxygens (including phenoxy) is 2. The summed E-state index contributed by atoms with van der Waals surface area (Å²) in [6.07, 6.45) is 4.86. The molecule has 1 N–H and O–H groups in total. The number of allylic oxidation sites excluding steroid dienone is 1. The molecule has 0 saturated carbocycles. The Morgan fingerprint density at radius 1 is 1.19 bits per heavy atom. The van der Waals surface area contributed by atoms with Gasteiger partial charge in [0.05, 0.1) is 6.10 Å². The van der Waals surface area contributed by atoms with Crippen LogP contribution in [0.25, 0.3) is 0 Å². The molecule has 0 bridgehead atoms. The summed E-state index contributed by atoms with van der Waals surface area (Å²) in [6, 6.07) is 15.6. The number of hydrogen-bond donors (Lipinski definition) is 1. The summed E-state index contributed by atoms with van der Waals surface area (Å²) >= 11 is 3.66. The van der Waals surface area contributed by atoms with E-state index >= 15 is 0 Å². The minimum absolute atomic E-state index is 0.0633. The van der Waals surface area contributed by atoms with E-state index in [-0.39, 0.29) is 17.9 Å². The molecule has 138 valence electrons. The highest BCUT2D eigenvalue weighted by atomic mass is 79.9. The zero-order valence-electron chi connectivity index (χ0n) is 14.8. The molecule has 2 aromatic carbocycles. The lowest BCUT2D eigenvalue weighted by molar-refractivity contribution is -0.172. The fourth-order valence-electron chi connectivity index (χ4n) is 4.68. The second kappa shape index (κ2) is 6.50. The van der Waals surface area contributed by atoms with Gasteiger partial charge in [-0.15, -0.1) is 0 Å². The standard InChI is InChI=1S/C22H20BrNO3/c23-18-10-5-11-19-20(18)22(21(25)24-19)17-9-4-6-14(17)12-16(27-22)13-26-15-7-2-1-3-8-15/h1-3,5-8,10-11,16-17H,4,9,12-13H2,(H,24,25)/t16-,17+,22+/m0/s1. The molecule has 5 rings (SSSR count). The van der Waals surface area contributed by atoms with Crippen LogP contribution >= 0.6 is 15.9 Å². The maximum absolute atomic E-state index is 13.2. The minimum atomic E-state index is -0.972. The molecular weight excluding hydrogens is 406 g/mol. The van der Waals surface area contributed by atoms with Crippen LogP contribution in [0.4, 0.5) is 5.69 Å². The molecule has 0 unspecified atom stereocenters. The summed E-state index contributed by atoms with van der Waals surface area (Å²) in [6.45, 7) is 0.420. The molecule has 1 amide bonds. The van der Waals surface area contributed by atoms with Crippen molar-refractivity contribution in [1.82, 2.24) is 0 Å². The lowest BCUT2D eigenvalue weighted by Crippen LogP contribution is -2.51. The van der Waals surface area contributed by atoms with Crippen LogP contribution < -0.4 is 10.1 Å². The molecule has 2 heterocycles. The normalized spacial score (nSPS) is 28.5. The molecule has 5 heteroatoms. The van der Waals surface area contributed by atoms with Gasteiger partial charge in [-0.2, -0.15) is 0 Å². The van der Waals surface area contributed by atoms with Crippen molar-refractivity contribution in [2.75, 3.05) is 11.9 Å². The molecule has 2 aliphatic heterocycles. The summed E-state index contributed by atoms with van der Waals surface area (Å²) in [5, 5.41) is 3.04. The number of fused-ring (bicyclic) bond motifs is 4. The van der Waals surface area contributed by atoms with Crippen LogP contribution in [0.15, 0.2) is 64.7 Å². The van der Waals surface area contributed by atoms with Gasteiger partial charge in [-0.05, 0) is 43.5 Å². The molecule has 1 fully saturated rings. The highest BCUT2D eigenvalue weighted by Crippen LogP contribution is 2.56. The van der Waals surface area contributed by atoms with Gasteiger partial charge >= 0.3 is 0 Å². The average molecular weight is 426 g/mol. The number of para-hydroxylation sites is 1. The van der Waals surface area contributed by atoms with Crippen LogP contribution in [0.1, 0.15) is 24.8 Å². The van der Waals surface area contributed by atoms with Crippen molar-refractivity contribution in [3.8, 4) is 5.75 Å². The number of hydrogen-bond acceptors (Lipinski definition) is 3. The lowest BCUT2D eigenvalue weighted by atomic mass is 9.74. The van der Waals surface area contributed by atoms with Gasteiger partial charge in [-0.1, -0.05) is 51.8 Å². The topological polar surface area (TPSA) is 47.6 Å². The highest BCUT2D eigenvalue weighted by molar-refractivity contribution is 9.10. The Kier molecular flexibility index (Phi) is 4.10. The molecule has 4 nitrogen and oxygen atoms in total. The maximum Gasteiger partial charge on any atom is 0.262 e. The molecule has 3 aliphatic rings. The van der Waals surface area contributed by atoms with Crippen molar-refractivity contribution in [1.29, 1.82) is 0 Å². The third-order valence-corrected chi connectivity index (χ3v) is 6.43. The quantitative estimate of drug-likeness (QED) is 0.718. The van der Waals surface area contributed by atoms with Crippen LogP contribution in [-0.2, 0) is 15.1 Å². The van der Waals surface area contributed by atoms with E-state index in [0.29, 0.717) is 6.61 Å². The SMILES string of the molecule is O=C1Nc2cccc(Br)c2[C@@]12O[C@H](COc1ccccc1)CC1=CCC[C@H]12. The molecule has 1 aliphatic carbocycles. The molecule has 3 atom stereocenters. The van der Waals surface area contributed by atoms with Crippen molar-refractivity contribution in [3.05, 3.63) is 70.2 Å². The van der Waals surface area contributed by atoms with Gasteiger partial charge in [-0.25, -0.2) is 0 Å². The second-order valence-electron chi connectivity index (χ2n) is 7.33. The molecule has 1 saturated heterocycles. The Morgan fingerprint density at radius 2 is 2.04 bits per heavy atom. The van der Waals surface area contributed by atoms with Crippen molar-refractivity contribution >= 4 is 27.5 Å². The number of rotatable bonds is 3. The fraction of sp³-hybridized carbons (Fsp3) is 0.318. The van der Waals surface area contributed by atoms with Crippen molar-refractivity contribution in [2.45, 2.75) is 31.0 Å². The van der Waals surface area contributed by atoms with Crippen molar-refractivity contribution in [3.63, 3.8) is 0 Å². The summed E-state index contributed by atoms with van der Waals surface area (Å²) < 4.78 is 13.4. The summed E-state index contributed by atoms with van der Waals surface area (Å²) in [4.78, 5) is 13.2. The number of anilines is 1. The Hall–Kier alpha value is -2.11. The number of benzene rings is 2. The number of carbonyl (C=O) groups excluding carboxylic acids is 1. The second-order valence-corrected chi connectivity index (χ2v) is 8.18. The first-order chi connectivity index (χ1) is 13.2. The molecule has 0 aromatic heterocycles. The first-order valence-electron chi connectivity index (χ1n) is 9.33. The van der Waals surface area contributed by atoms with Crippen LogP contribution in [-0.4, -0.2) is 18.6 Å². The lowest BCUT2D eigenvalue weighted by Gasteiger charge is -2.43. The first kappa shape index (κ1) is 17.0. The summed E-state index contributed by atoms with van der Waals surface area (Å²) in [5.74, 6) is 0.840. The van der Waals surface area contributed by atoms with Crippen LogP contribution in [0.5, 0.6) is 5.75 Å². The van der Waals surface area contributed by atoms with Gasteiger partial charge in [-0.3, -0.25) is 4.79 Å². The van der Waals surface area contributed by atoms with E-state index in [1.54, 1.807) is 0 Å². The predicted molar refractivity (Wildman–Crippen MR) is 107 cm³/mol. The summed E-state index contributed by atoms with van der Waals surface area (Å²) in [7, 11) is 0. The molecule has 1 spiro atoms. The molecule has 0 radical (unpaired) electrons. The van der Waals surface area contributed by atoms with E-state index in [0.717, 1.165) is 40.7 Å². The number of halogens is 1. The first-order valence-corrected chi connectivity index (χ1v) is 10.1. The van der Waals surface area contributed by atoms with Crippen LogP contribution in [0.3, 0.4) is 0 Å². The Bertz CT molecular complexity index is 926. The molecule has 27 heavy (non-hydrogen) atoms. The van der Waals surface area contributed by atoms with Gasteiger partial charge < -0.3 is 14.8 Å². The highest BCUT2D eigenvalue weighted by Gasteiger charge is 2.59. The third-order valence-electron chi connectivity index (χ3n) is 5.77. The Morgan fingerprint density at radius 3 is 2.89 bits per heavy atom. The zero-order chi connectivity index (χ0) is 18.4. The largest absolute Gasteiger partial charge is 0.491 e. The number of nitrogens with one attached hydrogen (secondary N) is 1. The molecular formula is C22H20BrNO3. The number of carbonyl (C=O) groups is 1. The maximum atomic E-state index is 13.2. The van der Waals surface area contributed by atoms with Gasteiger partial charge in [0.15, 0.2) is 5.60 Å². The van der Waals surface area contributed by atoms with Gasteiger partial charge in [0.2, 0.25) is 0 Å². The van der Waals surface area contributed by atoms with Crippen molar-refractivity contribution in [2.24, 2.45) is 5.92 Å². The Labute approximate surface area is 166 Å². The van der Waals surface area contributed by atoms with E-state index in [1.165, 1.54) is 5.57 Å². The predicted octanol–water partition coefficient (Wildman–Crippen LogP) is 4.80. The van der Waals surface area contributed by atoms with Gasteiger partial charge in [0.25, 0.3) is 5.91 Å². The zero-order valence-corrected chi connectivity index (χ0v) is 16.4. The van der Waals surface area contributed by atoms with E-state index in [4.69, 9.17) is 9.47 Å². The van der Waals surface area contributed by atoms with E-state index in [1.807, 2.05) is 48.5 Å². The van der Waals surface area contributed by atoms with E-state index in [2.05, 4.69) is 27.3 Å². The van der Waals surface area contributed by atoms with Crippen LogP contribution in [0.2, 0.25) is 0 Å². The van der Waals surface area contributed by atoms with E-state index in [9.17, 15) is 4.79 Å². The fourth-order valence-corrected chi connectivity index (χ4v) is 5.34. The van der Waals surface area contributed by atoms with Crippen molar-refractivity contribution < 1.29 is 14.3 Å². The number of amides is 1. The smallest absolute Gasteiger partial charge is 0.262 e. The van der Waals surface area contributed by atoms with Crippen LogP contribution in [0, 0.1) is 5.92 Å². The van der Waals surface area contributed by atoms with Gasteiger partial charge in [0.1, 0.15) is 12.4 Å². The monoisotopic (exact) mass is 425 g/mol. The minimum Gasteiger partial charge on any atom is -0.491 e. The third kappa shape index (κ3) is 2.64.